The molecule has 0 saturated heterocycles. The first-order valence-electron chi connectivity index (χ1n) is 6.70. The van der Waals surface area contributed by atoms with Crippen molar-refractivity contribution in [3.05, 3.63) is 0 Å². The lowest BCUT2D eigenvalue weighted by atomic mass is 10.1. The molecular weight excluding hydrogens is 312 g/mol. The van der Waals surface area contributed by atoms with Crippen molar-refractivity contribution in [2.24, 2.45) is 5.73 Å². The molecule has 0 aromatic carbocycles. The highest BCUT2D eigenvalue weighted by atomic mass is 16.4. The van der Waals surface area contributed by atoms with Crippen LogP contribution in [-0.2, 0) is 19.2 Å². The monoisotopic (exact) mass is 332 g/mol. The predicted molar refractivity (Wildman–Crippen MR) is 76.2 cm³/mol. The Morgan fingerprint density at radius 1 is 1.00 bits per heavy atom. The van der Waals surface area contributed by atoms with Crippen molar-refractivity contribution in [2.45, 2.75) is 44.8 Å². The van der Waals surface area contributed by atoms with Gasteiger partial charge >= 0.3 is 12.1 Å². The lowest BCUT2D eigenvalue weighted by Gasteiger charge is -2.20. The molecule has 7 N–H and O–H groups in total. The van der Waals surface area contributed by atoms with Crippen molar-refractivity contribution >= 4 is 29.8 Å². The van der Waals surface area contributed by atoms with Crippen LogP contribution in [-0.4, -0.2) is 58.1 Å². The number of aliphatic carboxylic acids is 1. The molecular formula is C12H20N4O7. The second kappa shape index (κ2) is 9.35. The van der Waals surface area contributed by atoms with E-state index in [1.54, 1.807) is 12.2 Å². The van der Waals surface area contributed by atoms with Gasteiger partial charge in [0.15, 0.2) is 0 Å². The van der Waals surface area contributed by atoms with Crippen molar-refractivity contribution in [2.75, 3.05) is 0 Å². The Labute approximate surface area is 131 Å². The van der Waals surface area contributed by atoms with Crippen LogP contribution in [0.3, 0.4) is 0 Å². The van der Waals surface area contributed by atoms with Crippen LogP contribution in [0.4, 0.5) is 4.79 Å². The molecule has 3 atom stereocenters. The van der Waals surface area contributed by atoms with Gasteiger partial charge in [-0.25, -0.2) is 4.79 Å². The molecule has 11 heteroatoms. The number of hydrogen-bond acceptors (Lipinski definition) is 6. The highest BCUT2D eigenvalue weighted by Crippen LogP contribution is 1.95. The average molecular weight is 332 g/mol. The summed E-state index contributed by atoms with van der Waals surface area (Å²) in [5, 5.41) is 23.1. The standard InChI is InChI=1S/C12H20N4O7/c1-3-7(11(21)16-12(22)23)15-9(19)5(2)14-10(20)6(13)4-8(17)18/h5-7H,3-4,13H2,1-2H3,(H,14,20)(H,15,19)(H,16,21)(H,17,18)(H,22,23). The molecule has 0 aromatic heterocycles. The van der Waals surface area contributed by atoms with E-state index in [-0.39, 0.29) is 6.42 Å². The molecule has 3 unspecified atom stereocenters. The number of amides is 4. The molecule has 0 fully saturated rings. The number of carboxylic acid groups (broad SMARTS) is 2. The molecule has 0 aromatic rings. The maximum atomic E-state index is 11.9. The van der Waals surface area contributed by atoms with E-state index in [1.807, 2.05) is 0 Å². The number of hydrogen-bond donors (Lipinski definition) is 6. The van der Waals surface area contributed by atoms with Gasteiger partial charge < -0.3 is 26.6 Å². The lowest BCUT2D eigenvalue weighted by Crippen LogP contribution is -2.55. The molecule has 0 aliphatic heterocycles. The second-order valence-corrected chi connectivity index (χ2v) is 4.70. The van der Waals surface area contributed by atoms with Crippen molar-refractivity contribution in [1.29, 1.82) is 0 Å². The van der Waals surface area contributed by atoms with Gasteiger partial charge in [-0.2, -0.15) is 0 Å². The van der Waals surface area contributed by atoms with E-state index in [0.717, 1.165) is 0 Å². The molecule has 0 aliphatic carbocycles. The summed E-state index contributed by atoms with van der Waals surface area (Å²) in [5.74, 6) is -3.75. The van der Waals surface area contributed by atoms with Crippen molar-refractivity contribution in [3.63, 3.8) is 0 Å². The summed E-state index contributed by atoms with van der Waals surface area (Å²) in [6.45, 7) is 2.86. The summed E-state index contributed by atoms with van der Waals surface area (Å²) in [5.41, 5.74) is 5.34. The van der Waals surface area contributed by atoms with Crippen LogP contribution in [0, 0.1) is 0 Å². The molecule has 0 radical (unpaired) electrons. The van der Waals surface area contributed by atoms with Gasteiger partial charge in [0.2, 0.25) is 11.8 Å². The Kier molecular flexibility index (Phi) is 8.26. The van der Waals surface area contributed by atoms with E-state index in [0.29, 0.717) is 0 Å². The fourth-order valence-corrected chi connectivity index (χ4v) is 1.51. The van der Waals surface area contributed by atoms with Gasteiger partial charge in [0.25, 0.3) is 5.91 Å². The van der Waals surface area contributed by atoms with E-state index < -0.39 is 54.3 Å². The van der Waals surface area contributed by atoms with Crippen molar-refractivity contribution < 1.29 is 34.2 Å². The Balaban J connectivity index is 4.58. The third-order valence-corrected chi connectivity index (χ3v) is 2.75. The van der Waals surface area contributed by atoms with Gasteiger partial charge in [-0.05, 0) is 13.3 Å². The smallest absolute Gasteiger partial charge is 0.411 e. The molecule has 0 heterocycles. The fourth-order valence-electron chi connectivity index (χ4n) is 1.51. The Morgan fingerprint density at radius 3 is 2.00 bits per heavy atom. The van der Waals surface area contributed by atoms with Crippen LogP contribution >= 0.6 is 0 Å². The average Bonchev–Trinajstić information content (AvgIpc) is 2.42. The summed E-state index contributed by atoms with van der Waals surface area (Å²) in [6.07, 6.45) is -2.02. The Morgan fingerprint density at radius 2 is 1.57 bits per heavy atom. The third kappa shape index (κ3) is 7.76. The highest BCUT2D eigenvalue weighted by Gasteiger charge is 2.25. The SMILES string of the molecule is CCC(NC(=O)C(C)NC(=O)C(N)CC(=O)O)C(=O)NC(=O)O. The first-order chi connectivity index (χ1) is 10.6. The summed E-state index contributed by atoms with van der Waals surface area (Å²) in [6, 6.07) is -3.50. The quantitative estimate of drug-likeness (QED) is 0.294. The molecule has 23 heavy (non-hydrogen) atoms. The normalized spacial score (nSPS) is 14.0. The zero-order chi connectivity index (χ0) is 18.2. The van der Waals surface area contributed by atoms with Gasteiger partial charge in [0.05, 0.1) is 12.5 Å². The first-order valence-corrected chi connectivity index (χ1v) is 6.70. The van der Waals surface area contributed by atoms with Crippen LogP contribution in [0.1, 0.15) is 26.7 Å². The number of carboxylic acids is 1. The van der Waals surface area contributed by atoms with Gasteiger partial charge in [0, 0.05) is 0 Å². The lowest BCUT2D eigenvalue weighted by molar-refractivity contribution is -0.139. The van der Waals surface area contributed by atoms with Crippen molar-refractivity contribution in [1.82, 2.24) is 16.0 Å². The largest absolute Gasteiger partial charge is 0.481 e. The zero-order valence-corrected chi connectivity index (χ0v) is 12.7. The van der Waals surface area contributed by atoms with Gasteiger partial charge in [0.1, 0.15) is 12.1 Å². The summed E-state index contributed by atoms with van der Waals surface area (Å²) < 4.78 is 0. The second-order valence-electron chi connectivity index (χ2n) is 4.70. The van der Waals surface area contributed by atoms with E-state index in [2.05, 4.69) is 10.6 Å². The van der Waals surface area contributed by atoms with E-state index in [4.69, 9.17) is 15.9 Å². The predicted octanol–water partition coefficient (Wildman–Crippen LogP) is -2.02. The third-order valence-electron chi connectivity index (χ3n) is 2.75. The van der Waals surface area contributed by atoms with Crippen LogP contribution in [0.25, 0.3) is 0 Å². The highest BCUT2D eigenvalue weighted by molar-refractivity contribution is 5.97. The van der Waals surface area contributed by atoms with Crippen LogP contribution in [0.15, 0.2) is 0 Å². The maximum Gasteiger partial charge on any atom is 0.411 e. The summed E-state index contributed by atoms with van der Waals surface area (Å²) in [4.78, 5) is 55.8. The van der Waals surface area contributed by atoms with E-state index in [1.165, 1.54) is 6.92 Å². The number of nitrogens with one attached hydrogen (secondary N) is 3. The Bertz CT molecular complexity index is 494. The van der Waals surface area contributed by atoms with Gasteiger partial charge in [-0.1, -0.05) is 6.92 Å². The molecule has 0 aliphatic rings. The molecule has 0 bridgehead atoms. The van der Waals surface area contributed by atoms with Gasteiger partial charge in [-0.3, -0.25) is 24.5 Å². The number of carbonyl (C=O) groups excluding carboxylic acids is 3. The summed E-state index contributed by atoms with van der Waals surface area (Å²) >= 11 is 0. The topological polar surface area (TPSA) is 188 Å². The zero-order valence-electron chi connectivity index (χ0n) is 12.7. The van der Waals surface area contributed by atoms with Crippen LogP contribution in [0.2, 0.25) is 0 Å². The molecule has 11 nitrogen and oxygen atoms in total. The number of carbonyl (C=O) groups is 5. The minimum absolute atomic E-state index is 0.129. The minimum atomic E-state index is -1.55. The fraction of sp³-hybridized carbons (Fsp3) is 0.583. The van der Waals surface area contributed by atoms with Crippen molar-refractivity contribution in [3.8, 4) is 0 Å². The van der Waals surface area contributed by atoms with E-state index in [9.17, 15) is 24.0 Å². The minimum Gasteiger partial charge on any atom is -0.481 e. The Hall–Kier alpha value is -2.69. The number of rotatable bonds is 8. The van der Waals surface area contributed by atoms with Crippen LogP contribution < -0.4 is 21.7 Å². The molecule has 0 spiro atoms. The number of nitrogens with two attached hydrogens (primary N) is 1. The van der Waals surface area contributed by atoms with Gasteiger partial charge in [-0.15, -0.1) is 0 Å². The molecule has 0 saturated carbocycles. The molecule has 4 amide bonds. The maximum absolute atomic E-state index is 11.9. The summed E-state index contributed by atoms with van der Waals surface area (Å²) in [7, 11) is 0. The molecule has 0 rings (SSSR count). The first kappa shape index (κ1) is 20.3. The van der Waals surface area contributed by atoms with E-state index >= 15 is 0 Å². The number of imide groups is 1. The molecule has 130 valence electrons. The van der Waals surface area contributed by atoms with Crippen LogP contribution in [0.5, 0.6) is 0 Å².